The van der Waals surface area contributed by atoms with Gasteiger partial charge in [0.05, 0.1) is 11.9 Å². The van der Waals surface area contributed by atoms with Crippen LogP contribution < -0.4 is 5.32 Å². The minimum atomic E-state index is -2.91. The maximum absolute atomic E-state index is 11.2. The van der Waals surface area contributed by atoms with Crippen molar-refractivity contribution in [1.82, 2.24) is 5.32 Å². The van der Waals surface area contributed by atoms with Gasteiger partial charge in [-0.15, -0.1) is 0 Å². The molecule has 1 N–H and O–H groups in total. The molecule has 0 rings (SSSR count). The molecule has 0 aromatic rings. The van der Waals surface area contributed by atoms with Crippen LogP contribution >= 0.6 is 0 Å². The lowest BCUT2D eigenvalue weighted by atomic mass is 9.97. The maximum Gasteiger partial charge on any atom is 0.147 e. The van der Waals surface area contributed by atoms with E-state index < -0.39 is 9.84 Å². The summed E-state index contributed by atoms with van der Waals surface area (Å²) in [4.78, 5) is 0. The van der Waals surface area contributed by atoms with Gasteiger partial charge >= 0.3 is 0 Å². The first kappa shape index (κ1) is 16.9. The topological polar surface area (TPSA) is 55.4 Å². The molecule has 0 aliphatic carbocycles. The SMILES string of the molecule is CCNC(CCS(C)(=O)=O)C(OCC)C(C)C. The highest BCUT2D eigenvalue weighted by Gasteiger charge is 2.25. The molecule has 0 spiro atoms. The molecule has 0 radical (unpaired) electrons. The molecule has 0 aliphatic rings. The van der Waals surface area contributed by atoms with Gasteiger partial charge in [0.15, 0.2) is 0 Å². The summed E-state index contributed by atoms with van der Waals surface area (Å²) in [5.41, 5.74) is 0. The number of rotatable bonds is 9. The monoisotopic (exact) mass is 265 g/mol. The quantitative estimate of drug-likeness (QED) is 0.686. The molecular weight excluding hydrogens is 238 g/mol. The number of ether oxygens (including phenoxy) is 1. The molecule has 4 nitrogen and oxygen atoms in total. The Kier molecular flexibility index (Phi) is 8.00. The van der Waals surface area contributed by atoms with Crippen molar-refractivity contribution in [3.8, 4) is 0 Å². The molecule has 0 saturated carbocycles. The van der Waals surface area contributed by atoms with Crippen molar-refractivity contribution in [3.63, 3.8) is 0 Å². The zero-order valence-electron chi connectivity index (χ0n) is 11.7. The lowest BCUT2D eigenvalue weighted by molar-refractivity contribution is 0.00320. The molecule has 0 aromatic heterocycles. The lowest BCUT2D eigenvalue weighted by Crippen LogP contribution is -2.45. The van der Waals surface area contributed by atoms with Crippen molar-refractivity contribution < 1.29 is 13.2 Å². The minimum absolute atomic E-state index is 0.0710. The van der Waals surface area contributed by atoms with E-state index in [0.29, 0.717) is 18.9 Å². The second-order valence-electron chi connectivity index (χ2n) is 4.75. The predicted molar refractivity (Wildman–Crippen MR) is 72.0 cm³/mol. The van der Waals surface area contributed by atoms with Crippen LogP contribution in [0.2, 0.25) is 0 Å². The van der Waals surface area contributed by atoms with Gasteiger partial charge in [0.2, 0.25) is 0 Å². The summed E-state index contributed by atoms with van der Waals surface area (Å²) in [7, 11) is -2.91. The van der Waals surface area contributed by atoms with Crippen molar-refractivity contribution >= 4 is 9.84 Å². The summed E-state index contributed by atoms with van der Waals surface area (Å²) in [6, 6.07) is 0.106. The molecule has 5 heteroatoms. The molecule has 0 aromatic carbocycles. The summed E-state index contributed by atoms with van der Waals surface area (Å²) in [6.45, 7) is 9.68. The van der Waals surface area contributed by atoms with Gasteiger partial charge < -0.3 is 10.1 Å². The van der Waals surface area contributed by atoms with E-state index in [1.807, 2.05) is 13.8 Å². The van der Waals surface area contributed by atoms with Crippen molar-refractivity contribution in [2.45, 2.75) is 46.3 Å². The third-order valence-electron chi connectivity index (χ3n) is 2.68. The number of sulfone groups is 1. The van der Waals surface area contributed by atoms with E-state index in [-0.39, 0.29) is 17.9 Å². The molecule has 0 amide bonds. The van der Waals surface area contributed by atoms with Gasteiger partial charge in [-0.1, -0.05) is 20.8 Å². The van der Waals surface area contributed by atoms with E-state index in [1.165, 1.54) is 6.26 Å². The third-order valence-corrected chi connectivity index (χ3v) is 3.66. The molecule has 0 bridgehead atoms. The molecule has 0 heterocycles. The summed E-state index contributed by atoms with van der Waals surface area (Å²) in [6.07, 6.45) is 1.96. The minimum Gasteiger partial charge on any atom is -0.377 e. The highest BCUT2D eigenvalue weighted by molar-refractivity contribution is 7.90. The van der Waals surface area contributed by atoms with Gasteiger partial charge in [-0.25, -0.2) is 8.42 Å². The Balaban J connectivity index is 4.55. The fourth-order valence-electron chi connectivity index (χ4n) is 1.95. The Morgan fingerprint density at radius 2 is 1.82 bits per heavy atom. The molecule has 17 heavy (non-hydrogen) atoms. The smallest absolute Gasteiger partial charge is 0.147 e. The van der Waals surface area contributed by atoms with Gasteiger partial charge in [-0.2, -0.15) is 0 Å². The molecule has 104 valence electrons. The van der Waals surface area contributed by atoms with Crippen molar-refractivity contribution in [2.24, 2.45) is 5.92 Å². The summed E-state index contributed by atoms with van der Waals surface area (Å²) >= 11 is 0. The zero-order chi connectivity index (χ0) is 13.5. The molecule has 0 fully saturated rings. The number of likely N-dealkylation sites (N-methyl/N-ethyl adjacent to an activating group) is 1. The predicted octanol–water partition coefficient (Wildman–Crippen LogP) is 1.46. The van der Waals surface area contributed by atoms with E-state index in [2.05, 4.69) is 19.2 Å². The van der Waals surface area contributed by atoms with Crippen LogP contribution in [0.25, 0.3) is 0 Å². The van der Waals surface area contributed by atoms with Gasteiger partial charge in [0.25, 0.3) is 0 Å². The van der Waals surface area contributed by atoms with Crippen LogP contribution in [0.4, 0.5) is 0 Å². The maximum atomic E-state index is 11.2. The van der Waals surface area contributed by atoms with Crippen LogP contribution in [0, 0.1) is 5.92 Å². The average molecular weight is 265 g/mol. The van der Waals surface area contributed by atoms with Gasteiger partial charge in [0, 0.05) is 18.9 Å². The normalized spacial score (nSPS) is 16.1. The summed E-state index contributed by atoms with van der Waals surface area (Å²) in [5, 5.41) is 3.33. The van der Waals surface area contributed by atoms with E-state index in [9.17, 15) is 8.42 Å². The Bertz CT molecular complexity index is 288. The molecule has 0 aliphatic heterocycles. The van der Waals surface area contributed by atoms with Crippen LogP contribution in [-0.4, -0.2) is 45.7 Å². The molecular formula is C12H27NO3S. The van der Waals surface area contributed by atoms with Crippen molar-refractivity contribution in [3.05, 3.63) is 0 Å². The van der Waals surface area contributed by atoms with Gasteiger partial charge in [0.1, 0.15) is 9.84 Å². The Morgan fingerprint density at radius 1 is 1.24 bits per heavy atom. The fourth-order valence-corrected chi connectivity index (χ4v) is 2.63. The largest absolute Gasteiger partial charge is 0.377 e. The highest BCUT2D eigenvalue weighted by atomic mass is 32.2. The van der Waals surface area contributed by atoms with E-state index in [0.717, 1.165) is 6.54 Å². The van der Waals surface area contributed by atoms with Crippen molar-refractivity contribution in [2.75, 3.05) is 25.2 Å². The average Bonchev–Trinajstić information content (AvgIpc) is 2.19. The number of hydrogen-bond donors (Lipinski definition) is 1. The summed E-state index contributed by atoms with van der Waals surface area (Å²) < 4.78 is 28.2. The number of hydrogen-bond acceptors (Lipinski definition) is 4. The van der Waals surface area contributed by atoms with E-state index in [4.69, 9.17) is 4.74 Å². The van der Waals surface area contributed by atoms with Crippen LogP contribution in [-0.2, 0) is 14.6 Å². The Morgan fingerprint density at radius 3 is 2.18 bits per heavy atom. The molecule has 0 saturated heterocycles. The summed E-state index contributed by atoms with van der Waals surface area (Å²) in [5.74, 6) is 0.583. The van der Waals surface area contributed by atoms with Gasteiger partial charge in [-0.05, 0) is 25.8 Å². The van der Waals surface area contributed by atoms with Crippen LogP contribution in [0.5, 0.6) is 0 Å². The van der Waals surface area contributed by atoms with Crippen molar-refractivity contribution in [1.29, 1.82) is 0 Å². The lowest BCUT2D eigenvalue weighted by Gasteiger charge is -2.30. The first-order valence-corrected chi connectivity index (χ1v) is 8.40. The standard InChI is InChI=1S/C12H27NO3S/c1-6-13-11(8-9-17(5,14)15)12(10(3)4)16-7-2/h10-13H,6-9H2,1-5H3. The second-order valence-corrected chi connectivity index (χ2v) is 7.01. The first-order chi connectivity index (χ1) is 7.81. The Labute approximate surface area is 106 Å². The molecule has 2 atom stereocenters. The number of nitrogens with one attached hydrogen (secondary N) is 1. The second kappa shape index (κ2) is 8.06. The zero-order valence-corrected chi connectivity index (χ0v) is 12.5. The fraction of sp³-hybridized carbons (Fsp3) is 1.00. The van der Waals surface area contributed by atoms with Crippen LogP contribution in [0.1, 0.15) is 34.1 Å². The van der Waals surface area contributed by atoms with Gasteiger partial charge in [-0.3, -0.25) is 0 Å². The van der Waals surface area contributed by atoms with Crippen LogP contribution in [0.3, 0.4) is 0 Å². The van der Waals surface area contributed by atoms with E-state index in [1.54, 1.807) is 0 Å². The van der Waals surface area contributed by atoms with Crippen LogP contribution in [0.15, 0.2) is 0 Å². The first-order valence-electron chi connectivity index (χ1n) is 6.34. The Hall–Kier alpha value is -0.130. The highest BCUT2D eigenvalue weighted by Crippen LogP contribution is 2.14. The van der Waals surface area contributed by atoms with E-state index >= 15 is 0 Å². The third kappa shape index (κ3) is 7.73. The molecule has 2 unspecified atom stereocenters.